The Bertz CT molecular complexity index is 928. The predicted molar refractivity (Wildman–Crippen MR) is 96.5 cm³/mol. The Morgan fingerprint density at radius 3 is 2.62 bits per heavy atom. The van der Waals surface area contributed by atoms with Crippen LogP contribution in [0, 0.1) is 18.3 Å². The summed E-state index contributed by atoms with van der Waals surface area (Å²) in [7, 11) is 0. The number of rotatable bonds is 4. The van der Waals surface area contributed by atoms with Crippen molar-refractivity contribution >= 4 is 22.7 Å². The summed E-state index contributed by atoms with van der Waals surface area (Å²) in [4.78, 5) is 7.73. The second-order valence-corrected chi connectivity index (χ2v) is 6.01. The molecular weight excluding hydrogens is 298 g/mol. The van der Waals surface area contributed by atoms with E-state index in [1.54, 1.807) is 0 Å². The van der Waals surface area contributed by atoms with E-state index in [2.05, 4.69) is 16.0 Å². The number of allylic oxidation sites excluding steroid dienone is 1. The maximum atomic E-state index is 9.49. The third kappa shape index (κ3) is 3.47. The van der Waals surface area contributed by atoms with Gasteiger partial charge in [0.2, 0.25) is 0 Å². The number of fused-ring (bicyclic) bond motifs is 1. The SMILES string of the molecule is Cc1ccc2nc(/C(C#N)=C\c3ccc(OC(C)C)cc3)[nH]c2c1. The lowest BCUT2D eigenvalue weighted by Gasteiger charge is -2.09. The van der Waals surface area contributed by atoms with Crippen LogP contribution in [0.4, 0.5) is 0 Å². The number of ether oxygens (including phenoxy) is 1. The molecule has 1 aromatic heterocycles. The van der Waals surface area contributed by atoms with Gasteiger partial charge in [-0.2, -0.15) is 5.26 Å². The minimum absolute atomic E-state index is 0.139. The van der Waals surface area contributed by atoms with Crippen molar-refractivity contribution in [2.24, 2.45) is 0 Å². The number of benzene rings is 2. The van der Waals surface area contributed by atoms with Gasteiger partial charge in [0.05, 0.1) is 22.7 Å². The van der Waals surface area contributed by atoms with Crippen molar-refractivity contribution in [1.29, 1.82) is 5.26 Å². The fourth-order valence-corrected chi connectivity index (χ4v) is 2.49. The first-order valence-electron chi connectivity index (χ1n) is 7.90. The molecule has 120 valence electrons. The molecule has 0 aliphatic heterocycles. The lowest BCUT2D eigenvalue weighted by molar-refractivity contribution is 0.242. The van der Waals surface area contributed by atoms with Gasteiger partial charge in [-0.15, -0.1) is 0 Å². The van der Waals surface area contributed by atoms with Crippen LogP contribution < -0.4 is 4.74 Å². The number of aromatic amines is 1. The highest BCUT2D eigenvalue weighted by Crippen LogP contribution is 2.21. The van der Waals surface area contributed by atoms with Crippen LogP contribution in [0.25, 0.3) is 22.7 Å². The largest absolute Gasteiger partial charge is 0.491 e. The molecule has 0 fully saturated rings. The molecule has 0 unspecified atom stereocenters. The Morgan fingerprint density at radius 2 is 1.96 bits per heavy atom. The lowest BCUT2D eigenvalue weighted by Crippen LogP contribution is -2.05. The molecule has 0 radical (unpaired) electrons. The van der Waals surface area contributed by atoms with E-state index in [4.69, 9.17) is 4.74 Å². The van der Waals surface area contributed by atoms with E-state index < -0.39 is 0 Å². The van der Waals surface area contributed by atoms with Crippen molar-refractivity contribution in [3.63, 3.8) is 0 Å². The number of nitriles is 1. The van der Waals surface area contributed by atoms with E-state index in [1.165, 1.54) is 0 Å². The van der Waals surface area contributed by atoms with E-state index >= 15 is 0 Å². The van der Waals surface area contributed by atoms with Gasteiger partial charge >= 0.3 is 0 Å². The first kappa shape index (κ1) is 15.8. The molecule has 0 spiro atoms. The molecule has 3 aromatic rings. The first-order chi connectivity index (χ1) is 11.5. The number of hydrogen-bond donors (Lipinski definition) is 1. The number of imidazole rings is 1. The van der Waals surface area contributed by atoms with Gasteiger partial charge in [0.1, 0.15) is 17.6 Å². The minimum Gasteiger partial charge on any atom is -0.491 e. The fraction of sp³-hybridized carbons (Fsp3) is 0.200. The van der Waals surface area contributed by atoms with Crippen LogP contribution in [0.5, 0.6) is 5.75 Å². The van der Waals surface area contributed by atoms with Crippen molar-refractivity contribution in [2.45, 2.75) is 26.9 Å². The van der Waals surface area contributed by atoms with E-state index in [1.807, 2.05) is 69.3 Å². The monoisotopic (exact) mass is 317 g/mol. The highest BCUT2D eigenvalue weighted by Gasteiger charge is 2.08. The fourth-order valence-electron chi connectivity index (χ4n) is 2.49. The summed E-state index contributed by atoms with van der Waals surface area (Å²) in [6.45, 7) is 6.01. The Hall–Kier alpha value is -3.06. The minimum atomic E-state index is 0.139. The Morgan fingerprint density at radius 1 is 1.21 bits per heavy atom. The Kier molecular flexibility index (Phi) is 4.35. The first-order valence-corrected chi connectivity index (χ1v) is 7.90. The van der Waals surface area contributed by atoms with Gasteiger partial charge in [0.25, 0.3) is 0 Å². The van der Waals surface area contributed by atoms with Gasteiger partial charge in [0.15, 0.2) is 0 Å². The van der Waals surface area contributed by atoms with E-state index in [0.717, 1.165) is 27.9 Å². The molecule has 0 saturated carbocycles. The van der Waals surface area contributed by atoms with Crippen LogP contribution in [0.3, 0.4) is 0 Å². The standard InChI is InChI=1S/C20H19N3O/c1-13(2)24-17-7-5-15(6-8-17)11-16(12-21)20-22-18-9-4-14(3)10-19(18)23-20/h4-11,13H,1-3H3,(H,22,23)/b16-11-. The van der Waals surface area contributed by atoms with Crippen LogP contribution in [0.15, 0.2) is 42.5 Å². The van der Waals surface area contributed by atoms with Gasteiger partial charge in [-0.25, -0.2) is 4.98 Å². The summed E-state index contributed by atoms with van der Waals surface area (Å²) in [5.41, 5.74) is 4.38. The van der Waals surface area contributed by atoms with Crippen molar-refractivity contribution < 1.29 is 4.74 Å². The van der Waals surface area contributed by atoms with Crippen molar-refractivity contribution in [3.05, 3.63) is 59.4 Å². The summed E-state index contributed by atoms with van der Waals surface area (Å²) in [5.74, 6) is 1.40. The molecule has 0 aliphatic carbocycles. The topological polar surface area (TPSA) is 61.7 Å². The zero-order valence-corrected chi connectivity index (χ0v) is 14.0. The third-order valence-corrected chi connectivity index (χ3v) is 3.58. The molecule has 0 saturated heterocycles. The molecule has 0 atom stereocenters. The normalized spacial score (nSPS) is 11.7. The molecule has 2 aromatic carbocycles. The maximum absolute atomic E-state index is 9.49. The molecule has 1 heterocycles. The van der Waals surface area contributed by atoms with Crippen molar-refractivity contribution in [2.75, 3.05) is 0 Å². The summed E-state index contributed by atoms with van der Waals surface area (Å²) < 4.78 is 5.63. The summed E-state index contributed by atoms with van der Waals surface area (Å²) in [6, 6.07) is 15.9. The number of H-pyrrole nitrogens is 1. The molecule has 1 N–H and O–H groups in total. The van der Waals surface area contributed by atoms with E-state index in [-0.39, 0.29) is 6.10 Å². The number of nitrogens with one attached hydrogen (secondary N) is 1. The zero-order valence-electron chi connectivity index (χ0n) is 14.0. The van der Waals surface area contributed by atoms with Crippen LogP contribution in [-0.4, -0.2) is 16.1 Å². The highest BCUT2D eigenvalue weighted by molar-refractivity contribution is 5.90. The average molecular weight is 317 g/mol. The van der Waals surface area contributed by atoms with Gasteiger partial charge in [-0.3, -0.25) is 0 Å². The summed E-state index contributed by atoms with van der Waals surface area (Å²) >= 11 is 0. The quantitative estimate of drug-likeness (QED) is 0.708. The van der Waals surface area contributed by atoms with Gasteiger partial charge in [-0.05, 0) is 62.2 Å². The molecule has 4 heteroatoms. The third-order valence-electron chi connectivity index (χ3n) is 3.58. The van der Waals surface area contributed by atoms with Gasteiger partial charge in [0, 0.05) is 0 Å². The van der Waals surface area contributed by atoms with Gasteiger partial charge < -0.3 is 9.72 Å². The van der Waals surface area contributed by atoms with E-state index in [0.29, 0.717) is 11.4 Å². The molecule has 4 nitrogen and oxygen atoms in total. The maximum Gasteiger partial charge on any atom is 0.149 e. The highest BCUT2D eigenvalue weighted by atomic mass is 16.5. The van der Waals surface area contributed by atoms with Crippen LogP contribution in [0.1, 0.15) is 30.8 Å². The molecule has 3 rings (SSSR count). The molecule has 0 amide bonds. The smallest absolute Gasteiger partial charge is 0.149 e. The second kappa shape index (κ2) is 6.59. The lowest BCUT2D eigenvalue weighted by atomic mass is 10.1. The van der Waals surface area contributed by atoms with Crippen molar-refractivity contribution in [3.8, 4) is 11.8 Å². The number of aromatic nitrogens is 2. The Balaban J connectivity index is 1.92. The summed E-state index contributed by atoms with van der Waals surface area (Å²) in [5, 5.41) is 9.49. The van der Waals surface area contributed by atoms with Crippen molar-refractivity contribution in [1.82, 2.24) is 9.97 Å². The molecule has 0 aliphatic rings. The van der Waals surface area contributed by atoms with Crippen LogP contribution in [0.2, 0.25) is 0 Å². The second-order valence-electron chi connectivity index (χ2n) is 6.01. The predicted octanol–water partition coefficient (Wildman–Crippen LogP) is 4.72. The number of hydrogen-bond acceptors (Lipinski definition) is 3. The zero-order chi connectivity index (χ0) is 17.1. The van der Waals surface area contributed by atoms with Crippen LogP contribution >= 0.6 is 0 Å². The summed E-state index contributed by atoms with van der Waals surface area (Å²) in [6.07, 6.45) is 1.96. The molecular formula is C20H19N3O. The van der Waals surface area contributed by atoms with E-state index in [9.17, 15) is 5.26 Å². The van der Waals surface area contributed by atoms with Crippen LogP contribution in [-0.2, 0) is 0 Å². The average Bonchev–Trinajstić information content (AvgIpc) is 2.96. The molecule has 24 heavy (non-hydrogen) atoms. The molecule has 0 bridgehead atoms. The number of aryl methyl sites for hydroxylation is 1. The van der Waals surface area contributed by atoms with Gasteiger partial charge in [-0.1, -0.05) is 18.2 Å². The number of nitrogens with zero attached hydrogens (tertiary/aromatic N) is 2. The Labute approximate surface area is 141 Å².